The van der Waals surface area contributed by atoms with Crippen molar-refractivity contribution in [2.45, 2.75) is 50.6 Å². The minimum Gasteiger partial charge on any atom is -0.451 e. The van der Waals surface area contributed by atoms with Gasteiger partial charge in [-0.1, -0.05) is 0 Å². The van der Waals surface area contributed by atoms with E-state index in [0.29, 0.717) is 30.0 Å². The molecule has 3 amide bonds. The van der Waals surface area contributed by atoms with E-state index in [9.17, 15) is 19.2 Å². The van der Waals surface area contributed by atoms with Gasteiger partial charge in [-0.3, -0.25) is 14.4 Å². The Labute approximate surface area is 167 Å². The van der Waals surface area contributed by atoms with E-state index in [0.717, 1.165) is 0 Å². The fourth-order valence-electron chi connectivity index (χ4n) is 3.39. The van der Waals surface area contributed by atoms with Gasteiger partial charge in [-0.2, -0.15) is 0 Å². The van der Waals surface area contributed by atoms with Crippen molar-refractivity contribution in [2.24, 2.45) is 0 Å². The summed E-state index contributed by atoms with van der Waals surface area (Å²) in [6.45, 7) is 4.86. The predicted octanol–water partition coefficient (Wildman–Crippen LogP) is 1.97. The van der Waals surface area contributed by atoms with Crippen molar-refractivity contribution in [1.82, 2.24) is 4.90 Å². The average Bonchev–Trinajstić information content (AvgIpc) is 3.12. The molecule has 1 aromatic rings. The molecule has 2 saturated heterocycles. The van der Waals surface area contributed by atoms with Gasteiger partial charge < -0.3 is 20.3 Å². The van der Waals surface area contributed by atoms with Crippen LogP contribution in [0.15, 0.2) is 24.3 Å². The number of nitrogens with zero attached hydrogens (tertiary/aromatic N) is 1. The Bertz CT molecular complexity index is 812. The molecular weight excluding hydrogens is 382 g/mol. The van der Waals surface area contributed by atoms with E-state index in [-0.39, 0.29) is 16.7 Å². The Morgan fingerprint density at radius 3 is 2.43 bits per heavy atom. The van der Waals surface area contributed by atoms with Crippen LogP contribution >= 0.6 is 11.8 Å². The summed E-state index contributed by atoms with van der Waals surface area (Å²) in [5, 5.41) is 5.30. The lowest BCUT2D eigenvalue weighted by Crippen LogP contribution is -2.48. The summed E-state index contributed by atoms with van der Waals surface area (Å²) >= 11 is 1.57. The van der Waals surface area contributed by atoms with Gasteiger partial charge in [0.05, 0.1) is 4.87 Å². The van der Waals surface area contributed by atoms with Crippen LogP contribution in [0, 0.1) is 0 Å². The Morgan fingerprint density at radius 1 is 1.21 bits per heavy atom. The molecule has 0 spiro atoms. The molecule has 2 N–H and O–H groups in total. The topological polar surface area (TPSA) is 105 Å². The molecule has 2 aliphatic rings. The number of rotatable bonds is 5. The lowest BCUT2D eigenvalue weighted by Gasteiger charge is -2.29. The normalized spacial score (nSPS) is 24.5. The minimum absolute atomic E-state index is 0.0502. The molecule has 28 heavy (non-hydrogen) atoms. The molecule has 0 saturated carbocycles. The number of esters is 1. The van der Waals surface area contributed by atoms with Crippen molar-refractivity contribution in [1.29, 1.82) is 0 Å². The maximum absolute atomic E-state index is 12.5. The number of hydrogen-bond acceptors (Lipinski definition) is 6. The molecule has 0 radical (unpaired) electrons. The van der Waals surface area contributed by atoms with Crippen LogP contribution in [0.5, 0.6) is 0 Å². The van der Waals surface area contributed by atoms with Crippen molar-refractivity contribution in [3.63, 3.8) is 0 Å². The van der Waals surface area contributed by atoms with Crippen molar-refractivity contribution in [2.75, 3.05) is 16.4 Å². The molecule has 1 aromatic carbocycles. The summed E-state index contributed by atoms with van der Waals surface area (Å²) in [5.41, 5.74) is 1.13. The van der Waals surface area contributed by atoms with E-state index < -0.39 is 24.0 Å². The highest BCUT2D eigenvalue weighted by Gasteiger charge is 2.53. The first-order valence-corrected chi connectivity index (χ1v) is 10.0. The highest BCUT2D eigenvalue weighted by atomic mass is 32.2. The number of hydrogen-bond donors (Lipinski definition) is 2. The van der Waals surface area contributed by atoms with Gasteiger partial charge in [0.15, 0.2) is 6.10 Å². The van der Waals surface area contributed by atoms with Gasteiger partial charge >= 0.3 is 5.97 Å². The molecule has 8 nitrogen and oxygen atoms in total. The molecule has 0 bridgehead atoms. The van der Waals surface area contributed by atoms with Gasteiger partial charge in [-0.25, -0.2) is 4.79 Å². The molecule has 3 rings (SSSR count). The lowest BCUT2D eigenvalue weighted by molar-refractivity contribution is -0.160. The summed E-state index contributed by atoms with van der Waals surface area (Å²) in [6, 6.07) is 5.93. The molecule has 0 aliphatic carbocycles. The maximum Gasteiger partial charge on any atom is 0.330 e. The molecule has 2 heterocycles. The summed E-state index contributed by atoms with van der Waals surface area (Å²) in [5.74, 6) is -0.794. The number of thioether (sulfide) groups is 1. The number of benzene rings is 1. The number of amides is 3. The molecule has 0 unspecified atom stereocenters. The van der Waals surface area contributed by atoms with Gasteiger partial charge in [-0.05, 0) is 44.5 Å². The predicted molar refractivity (Wildman–Crippen MR) is 106 cm³/mol. The summed E-state index contributed by atoms with van der Waals surface area (Å²) in [6.07, 6.45) is 0.139. The van der Waals surface area contributed by atoms with Crippen LogP contribution in [0.3, 0.4) is 0 Å². The van der Waals surface area contributed by atoms with Crippen molar-refractivity contribution in [3.05, 3.63) is 24.3 Å². The minimum atomic E-state index is -1.00. The van der Waals surface area contributed by atoms with Gasteiger partial charge in [0, 0.05) is 30.5 Å². The fraction of sp³-hybridized carbons (Fsp3) is 0.474. The summed E-state index contributed by atoms with van der Waals surface area (Å²) in [7, 11) is 0. The average molecular weight is 405 g/mol. The van der Waals surface area contributed by atoms with Crippen LogP contribution in [0.4, 0.5) is 11.4 Å². The van der Waals surface area contributed by atoms with Gasteiger partial charge in [0.25, 0.3) is 5.91 Å². The van der Waals surface area contributed by atoms with E-state index >= 15 is 0 Å². The smallest absolute Gasteiger partial charge is 0.330 e. The molecule has 9 heteroatoms. The van der Waals surface area contributed by atoms with E-state index in [1.807, 2.05) is 6.92 Å². The lowest BCUT2D eigenvalue weighted by atomic mass is 10.2. The van der Waals surface area contributed by atoms with Crippen LogP contribution in [0.25, 0.3) is 0 Å². The quantitative estimate of drug-likeness (QED) is 0.726. The molecule has 3 atom stereocenters. The standard InChI is InChI=1S/C19H23N3O5S/c1-11(17(25)21-14-6-4-13(5-7-14)20-12(2)23)27-18(26)15-10-28-19(3)9-8-16(24)22(15)19/h4-7,11,15H,8-10H2,1-3H3,(H,20,23)(H,21,25)/t11-,15+,19+/m0/s1. The number of anilines is 2. The second-order valence-corrected chi connectivity index (χ2v) is 8.59. The van der Waals surface area contributed by atoms with Crippen LogP contribution in [-0.2, 0) is 23.9 Å². The number of ether oxygens (including phenoxy) is 1. The van der Waals surface area contributed by atoms with E-state index in [2.05, 4.69) is 10.6 Å². The zero-order valence-electron chi connectivity index (χ0n) is 16.0. The number of nitrogens with one attached hydrogen (secondary N) is 2. The zero-order chi connectivity index (χ0) is 20.5. The third kappa shape index (κ3) is 4.14. The number of carbonyl (C=O) groups is 4. The van der Waals surface area contributed by atoms with Crippen LogP contribution in [-0.4, -0.2) is 51.4 Å². The first kappa shape index (κ1) is 20.2. The second-order valence-electron chi connectivity index (χ2n) is 7.09. The summed E-state index contributed by atoms with van der Waals surface area (Å²) in [4.78, 5) is 49.3. The summed E-state index contributed by atoms with van der Waals surface area (Å²) < 4.78 is 5.33. The zero-order valence-corrected chi connectivity index (χ0v) is 16.8. The van der Waals surface area contributed by atoms with Crippen LogP contribution in [0.2, 0.25) is 0 Å². The Balaban J connectivity index is 1.56. The Morgan fingerprint density at radius 2 is 1.82 bits per heavy atom. The maximum atomic E-state index is 12.5. The van der Waals surface area contributed by atoms with Crippen molar-refractivity contribution < 1.29 is 23.9 Å². The number of fused-ring (bicyclic) bond motifs is 1. The van der Waals surface area contributed by atoms with Crippen LogP contribution < -0.4 is 10.6 Å². The third-order valence-corrected chi connectivity index (χ3v) is 6.36. The molecule has 150 valence electrons. The highest BCUT2D eigenvalue weighted by Crippen LogP contribution is 2.47. The van der Waals surface area contributed by atoms with Crippen molar-refractivity contribution >= 4 is 46.8 Å². The largest absolute Gasteiger partial charge is 0.451 e. The van der Waals surface area contributed by atoms with E-state index in [1.165, 1.54) is 13.8 Å². The van der Waals surface area contributed by atoms with E-state index in [4.69, 9.17) is 4.74 Å². The Kier molecular flexibility index (Phi) is 5.64. The Hall–Kier alpha value is -2.55. The first-order chi connectivity index (χ1) is 13.2. The third-order valence-electron chi connectivity index (χ3n) is 4.85. The van der Waals surface area contributed by atoms with Gasteiger partial charge in [-0.15, -0.1) is 11.8 Å². The number of carbonyl (C=O) groups excluding carboxylic acids is 4. The molecular formula is C19H23N3O5S. The second kappa shape index (κ2) is 7.83. The van der Waals surface area contributed by atoms with Crippen LogP contribution in [0.1, 0.15) is 33.6 Å². The monoisotopic (exact) mass is 405 g/mol. The van der Waals surface area contributed by atoms with Gasteiger partial charge in [0.2, 0.25) is 11.8 Å². The fourth-order valence-corrected chi connectivity index (χ4v) is 4.80. The van der Waals surface area contributed by atoms with Crippen molar-refractivity contribution in [3.8, 4) is 0 Å². The highest BCUT2D eigenvalue weighted by molar-refractivity contribution is 8.01. The van der Waals surface area contributed by atoms with Gasteiger partial charge in [0.1, 0.15) is 6.04 Å². The first-order valence-electron chi connectivity index (χ1n) is 9.05. The SMILES string of the molecule is CC(=O)Nc1ccc(NC(=O)[C@H](C)OC(=O)[C@H]2CS[C@]3(C)CCC(=O)N23)cc1. The molecule has 2 aliphatic heterocycles. The molecule has 2 fully saturated rings. The van der Waals surface area contributed by atoms with E-state index in [1.54, 1.807) is 40.9 Å². The molecule has 0 aromatic heterocycles.